The van der Waals surface area contributed by atoms with Crippen LogP contribution in [0.15, 0.2) is 4.99 Å². The number of aliphatic carboxylic acids is 1. The molecule has 1 amide bonds. The third kappa shape index (κ3) is 2.59. The quantitative estimate of drug-likeness (QED) is 0.482. The Morgan fingerprint density at radius 3 is 2.55 bits per heavy atom. The minimum absolute atomic E-state index is 0.133. The van der Waals surface area contributed by atoms with E-state index in [1.165, 1.54) is 30.6 Å². The number of hydrogen-bond acceptors (Lipinski definition) is 4. The minimum atomic E-state index is -0.928. The number of rotatable bonds is 3. The Bertz CT molecular complexity index is 500. The van der Waals surface area contributed by atoms with Gasteiger partial charge in [0, 0.05) is 17.8 Å². The van der Waals surface area contributed by atoms with Crippen molar-refractivity contribution in [1.29, 1.82) is 0 Å². The summed E-state index contributed by atoms with van der Waals surface area (Å²) in [6, 6.07) is -1.17. The molecule has 22 heavy (non-hydrogen) atoms. The lowest BCUT2D eigenvalue weighted by atomic mass is 9.96. The molecule has 0 aromatic heterocycles. The molecule has 0 radical (unpaired) electrons. The molecule has 1 unspecified atom stereocenters. The summed E-state index contributed by atoms with van der Waals surface area (Å²) < 4.78 is -0.473. The van der Waals surface area contributed by atoms with Gasteiger partial charge in [0.1, 0.15) is 11.4 Å². The molecule has 0 aliphatic carbocycles. The van der Waals surface area contributed by atoms with Gasteiger partial charge in [-0.3, -0.25) is 9.79 Å². The first-order chi connectivity index (χ1) is 10.4. The van der Waals surface area contributed by atoms with E-state index in [1.54, 1.807) is 11.8 Å². The van der Waals surface area contributed by atoms with E-state index in [1.807, 2.05) is 20.2 Å². The summed E-state index contributed by atoms with van der Waals surface area (Å²) >= 11 is 1.55. The van der Waals surface area contributed by atoms with Crippen molar-refractivity contribution in [2.24, 2.45) is 4.99 Å². The Balaban J connectivity index is 1.68. The lowest BCUT2D eigenvalue weighted by Crippen LogP contribution is -2.65. The number of thioether (sulfide) groups is 1. The van der Waals surface area contributed by atoms with E-state index < -0.39 is 22.8 Å². The molecule has 3 aliphatic heterocycles. The van der Waals surface area contributed by atoms with E-state index in [4.69, 9.17) is 0 Å². The Kier molecular flexibility index (Phi) is 4.09. The summed E-state index contributed by atoms with van der Waals surface area (Å²) in [5, 5.41) is 9.25. The van der Waals surface area contributed by atoms with Crippen molar-refractivity contribution in [3.8, 4) is 0 Å². The molecule has 1 N–H and O–H groups in total. The fraction of sp³-hybridized carbons (Fsp3) is 0.800. The van der Waals surface area contributed by atoms with Crippen LogP contribution in [-0.4, -0.2) is 68.4 Å². The summed E-state index contributed by atoms with van der Waals surface area (Å²) in [7, 11) is 0. The number of carbonyl (C=O) groups is 2. The fourth-order valence-electron chi connectivity index (χ4n) is 3.51. The number of fused-ring (bicyclic) bond motifs is 1. The van der Waals surface area contributed by atoms with Gasteiger partial charge in [-0.1, -0.05) is 12.8 Å². The minimum Gasteiger partial charge on any atom is -0.480 e. The Morgan fingerprint density at radius 1 is 1.32 bits per heavy atom. The molecule has 6 nitrogen and oxygen atoms in total. The highest BCUT2D eigenvalue weighted by Crippen LogP contribution is 2.51. The maximum atomic E-state index is 12.3. The van der Waals surface area contributed by atoms with Gasteiger partial charge in [0.2, 0.25) is 0 Å². The fourth-order valence-corrected chi connectivity index (χ4v) is 5.13. The third-order valence-electron chi connectivity index (χ3n) is 4.68. The zero-order valence-corrected chi connectivity index (χ0v) is 13.9. The molecule has 3 heterocycles. The molecule has 0 bridgehead atoms. The molecule has 3 aliphatic rings. The largest absolute Gasteiger partial charge is 0.480 e. The molecule has 0 aromatic rings. The Morgan fingerprint density at radius 2 is 1.95 bits per heavy atom. The van der Waals surface area contributed by atoms with Crippen LogP contribution in [0.25, 0.3) is 0 Å². The van der Waals surface area contributed by atoms with Gasteiger partial charge in [0.25, 0.3) is 5.91 Å². The van der Waals surface area contributed by atoms with Crippen LogP contribution in [0, 0.1) is 0 Å². The number of carbonyl (C=O) groups excluding carboxylic acids is 1. The maximum Gasteiger partial charge on any atom is 0.327 e. The number of β-lactam (4-membered cyclic amide) rings is 1. The molecule has 3 atom stereocenters. The van der Waals surface area contributed by atoms with Crippen LogP contribution in [0.5, 0.6) is 0 Å². The molecular weight excluding hydrogens is 302 g/mol. The summed E-state index contributed by atoms with van der Waals surface area (Å²) in [6.45, 7) is 5.76. The lowest BCUT2D eigenvalue weighted by molar-refractivity contribution is -0.158. The van der Waals surface area contributed by atoms with E-state index in [2.05, 4.69) is 9.89 Å². The number of amides is 1. The average Bonchev–Trinajstić information content (AvgIpc) is 2.60. The zero-order valence-electron chi connectivity index (χ0n) is 13.1. The van der Waals surface area contributed by atoms with Gasteiger partial charge in [-0.25, -0.2) is 4.79 Å². The van der Waals surface area contributed by atoms with Crippen molar-refractivity contribution in [2.75, 3.05) is 13.1 Å². The smallest absolute Gasteiger partial charge is 0.327 e. The number of hydrogen-bond donors (Lipinski definition) is 1. The third-order valence-corrected chi connectivity index (χ3v) is 6.24. The van der Waals surface area contributed by atoms with Gasteiger partial charge >= 0.3 is 5.97 Å². The van der Waals surface area contributed by atoms with Crippen LogP contribution >= 0.6 is 11.8 Å². The lowest BCUT2D eigenvalue weighted by Gasteiger charge is -2.41. The topological polar surface area (TPSA) is 73.2 Å². The normalized spacial score (nSPS) is 34.5. The van der Waals surface area contributed by atoms with Crippen LogP contribution in [0.3, 0.4) is 0 Å². The van der Waals surface area contributed by atoms with Gasteiger partial charge in [0.05, 0.1) is 6.34 Å². The highest BCUT2D eigenvalue weighted by molar-refractivity contribution is 8.01. The SMILES string of the molecule is CC1(C)SC2[C@H](N=CN3CCCCCC3)C(=O)N2[C@H]1C(=O)O. The van der Waals surface area contributed by atoms with Crippen LogP contribution in [0.2, 0.25) is 0 Å². The van der Waals surface area contributed by atoms with Crippen molar-refractivity contribution >= 4 is 30.0 Å². The molecule has 122 valence electrons. The molecule has 3 rings (SSSR count). The highest BCUT2D eigenvalue weighted by atomic mass is 32.2. The monoisotopic (exact) mass is 325 g/mol. The zero-order chi connectivity index (χ0) is 15.9. The molecule has 7 heteroatoms. The summed E-state index contributed by atoms with van der Waals surface area (Å²) in [5.41, 5.74) is 0. The summed E-state index contributed by atoms with van der Waals surface area (Å²) in [6.07, 6.45) is 6.67. The van der Waals surface area contributed by atoms with Crippen LogP contribution in [0.1, 0.15) is 39.5 Å². The highest BCUT2D eigenvalue weighted by Gasteiger charge is 2.63. The number of nitrogens with zero attached hydrogens (tertiary/aromatic N) is 3. The van der Waals surface area contributed by atoms with Crippen molar-refractivity contribution in [2.45, 2.75) is 61.7 Å². The van der Waals surface area contributed by atoms with Gasteiger partial charge in [-0.15, -0.1) is 11.8 Å². The number of likely N-dealkylation sites (tertiary alicyclic amines) is 1. The first-order valence-electron chi connectivity index (χ1n) is 7.92. The molecule has 3 saturated heterocycles. The maximum absolute atomic E-state index is 12.3. The average molecular weight is 325 g/mol. The van der Waals surface area contributed by atoms with Crippen molar-refractivity contribution in [3.05, 3.63) is 0 Å². The predicted molar refractivity (Wildman–Crippen MR) is 86.0 cm³/mol. The number of carboxylic acids is 1. The molecular formula is C15H23N3O3S. The van der Waals surface area contributed by atoms with E-state index in [9.17, 15) is 14.7 Å². The first kappa shape index (κ1) is 15.6. The Labute approximate surface area is 134 Å². The van der Waals surface area contributed by atoms with Gasteiger partial charge < -0.3 is 14.9 Å². The summed E-state index contributed by atoms with van der Waals surface area (Å²) in [4.78, 5) is 31.9. The summed E-state index contributed by atoms with van der Waals surface area (Å²) in [5.74, 6) is -1.08. The van der Waals surface area contributed by atoms with Crippen molar-refractivity contribution in [3.63, 3.8) is 0 Å². The standard InChI is InChI=1S/C15H23N3O3S/c1-15(2)11(14(20)21)18-12(19)10(13(18)22-15)16-9-17-7-5-3-4-6-8-17/h9-11,13H,3-8H2,1-2H3,(H,20,21)/t10-,11+,13?/m1/s1. The van der Waals surface area contributed by atoms with E-state index in [-0.39, 0.29) is 11.3 Å². The van der Waals surface area contributed by atoms with Gasteiger partial charge in [-0.05, 0) is 26.7 Å². The van der Waals surface area contributed by atoms with E-state index >= 15 is 0 Å². The number of carboxylic acid groups (broad SMARTS) is 1. The molecule has 0 spiro atoms. The van der Waals surface area contributed by atoms with Crippen molar-refractivity contribution < 1.29 is 14.7 Å². The van der Waals surface area contributed by atoms with E-state index in [0.717, 1.165) is 13.1 Å². The van der Waals surface area contributed by atoms with Crippen molar-refractivity contribution in [1.82, 2.24) is 9.80 Å². The van der Waals surface area contributed by atoms with Crippen LogP contribution < -0.4 is 0 Å². The second-order valence-corrected chi connectivity index (χ2v) is 8.53. The van der Waals surface area contributed by atoms with Crippen LogP contribution in [0.4, 0.5) is 0 Å². The Hall–Kier alpha value is -1.24. The van der Waals surface area contributed by atoms with Gasteiger partial charge in [-0.2, -0.15) is 0 Å². The molecule has 3 fully saturated rings. The van der Waals surface area contributed by atoms with Crippen LogP contribution in [-0.2, 0) is 9.59 Å². The van der Waals surface area contributed by atoms with Gasteiger partial charge in [0.15, 0.2) is 6.04 Å². The second kappa shape index (κ2) is 5.76. The van der Waals surface area contributed by atoms with E-state index in [0.29, 0.717) is 0 Å². The first-order valence-corrected chi connectivity index (χ1v) is 8.80. The second-order valence-electron chi connectivity index (χ2n) is 6.76. The number of aliphatic imine (C=N–C) groups is 1. The molecule has 0 aromatic carbocycles. The molecule has 0 saturated carbocycles. The predicted octanol–water partition coefficient (Wildman–Crippen LogP) is 1.41.